The van der Waals surface area contributed by atoms with Gasteiger partial charge in [0.15, 0.2) is 5.76 Å². The van der Waals surface area contributed by atoms with Crippen LogP contribution in [0.2, 0.25) is 0 Å². The summed E-state index contributed by atoms with van der Waals surface area (Å²) in [7, 11) is 0. The van der Waals surface area contributed by atoms with Crippen LogP contribution in [0.4, 0.5) is 4.79 Å². The van der Waals surface area contributed by atoms with Gasteiger partial charge in [-0.1, -0.05) is 19.3 Å². The van der Waals surface area contributed by atoms with Crippen LogP contribution in [0.25, 0.3) is 0 Å². The first-order valence-corrected chi connectivity index (χ1v) is 9.53. The molecule has 2 N–H and O–H groups in total. The Labute approximate surface area is 153 Å². The molecule has 0 saturated heterocycles. The van der Waals surface area contributed by atoms with E-state index in [2.05, 4.69) is 15.8 Å². The molecule has 2 amide bonds. The molecule has 3 rings (SSSR count). The van der Waals surface area contributed by atoms with E-state index < -0.39 is 6.09 Å². The summed E-state index contributed by atoms with van der Waals surface area (Å²) < 4.78 is 10.7. The van der Waals surface area contributed by atoms with Gasteiger partial charge in [0.1, 0.15) is 5.76 Å². The quantitative estimate of drug-likeness (QED) is 0.804. The predicted molar refractivity (Wildman–Crippen MR) is 97.4 cm³/mol. The van der Waals surface area contributed by atoms with Gasteiger partial charge in [0, 0.05) is 23.6 Å². The van der Waals surface area contributed by atoms with E-state index >= 15 is 0 Å². The number of hydrogen-bond donors (Lipinski definition) is 2. The summed E-state index contributed by atoms with van der Waals surface area (Å²) in [4.78, 5) is 24.2. The number of carbonyl (C=O) groups excluding carboxylic acids is 2. The number of hydrazone groups is 1. The van der Waals surface area contributed by atoms with Crippen molar-refractivity contribution in [2.24, 2.45) is 5.10 Å². The largest absolute Gasteiger partial charge is 0.455 e. The minimum atomic E-state index is -0.580. The molecule has 1 aromatic rings. The Hall–Kier alpha value is -2.31. The summed E-state index contributed by atoms with van der Waals surface area (Å²) in [6, 6.07) is 0.233. The van der Waals surface area contributed by atoms with E-state index in [1.807, 2.05) is 6.92 Å². The Morgan fingerprint density at radius 2 is 1.96 bits per heavy atom. The van der Waals surface area contributed by atoms with E-state index in [9.17, 15) is 9.59 Å². The molecule has 0 atom stereocenters. The van der Waals surface area contributed by atoms with E-state index in [4.69, 9.17) is 9.15 Å². The van der Waals surface area contributed by atoms with Crippen LogP contribution in [-0.4, -0.2) is 30.4 Å². The highest BCUT2D eigenvalue weighted by Gasteiger charge is 2.29. The molecule has 142 valence electrons. The molecule has 1 fully saturated rings. The lowest BCUT2D eigenvalue weighted by atomic mass is 9.93. The summed E-state index contributed by atoms with van der Waals surface area (Å²) in [5.41, 5.74) is 4.78. The van der Waals surface area contributed by atoms with Crippen molar-refractivity contribution in [3.05, 3.63) is 22.6 Å². The number of rotatable bonds is 4. The standard InChI is InChI=1S/C19H27N3O4/c1-3-25-19(24)22-21-14-10-7-11-15-16(14)12(2)17(26-15)18(23)20-13-8-5-4-6-9-13/h13H,3-11H2,1-2H3,(H,20,23)(H,22,24)/b21-14+. The average molecular weight is 361 g/mol. The zero-order valence-electron chi connectivity index (χ0n) is 15.5. The van der Waals surface area contributed by atoms with Gasteiger partial charge in [-0.25, -0.2) is 10.2 Å². The fourth-order valence-electron chi connectivity index (χ4n) is 3.77. The Bertz CT molecular complexity index is 702. The van der Waals surface area contributed by atoms with Crippen LogP contribution in [0.5, 0.6) is 0 Å². The first kappa shape index (κ1) is 18.5. The number of amides is 2. The Kier molecular flexibility index (Phi) is 5.96. The van der Waals surface area contributed by atoms with E-state index in [-0.39, 0.29) is 18.6 Å². The van der Waals surface area contributed by atoms with Crippen LogP contribution in [0.15, 0.2) is 9.52 Å². The van der Waals surface area contributed by atoms with E-state index in [1.54, 1.807) is 6.92 Å². The van der Waals surface area contributed by atoms with Crippen molar-refractivity contribution < 1.29 is 18.7 Å². The molecule has 0 bridgehead atoms. The number of hydrogen-bond acceptors (Lipinski definition) is 5. The highest BCUT2D eigenvalue weighted by molar-refractivity contribution is 6.06. The van der Waals surface area contributed by atoms with Gasteiger partial charge in [0.05, 0.1) is 12.3 Å². The first-order chi connectivity index (χ1) is 12.6. The number of furan rings is 1. The van der Waals surface area contributed by atoms with Crippen LogP contribution in [-0.2, 0) is 11.2 Å². The van der Waals surface area contributed by atoms with Crippen LogP contribution in [0, 0.1) is 6.92 Å². The summed E-state index contributed by atoms with van der Waals surface area (Å²) in [6.07, 6.45) is 7.41. The number of aryl methyl sites for hydroxylation is 1. The predicted octanol–water partition coefficient (Wildman–Crippen LogP) is 3.44. The molecule has 1 heterocycles. The second kappa shape index (κ2) is 8.38. The topological polar surface area (TPSA) is 92.9 Å². The molecule has 26 heavy (non-hydrogen) atoms. The molecule has 2 aliphatic rings. The molecule has 7 nitrogen and oxygen atoms in total. The van der Waals surface area contributed by atoms with Gasteiger partial charge in [-0.2, -0.15) is 5.10 Å². The third-order valence-electron chi connectivity index (χ3n) is 5.03. The van der Waals surface area contributed by atoms with Gasteiger partial charge in [0.2, 0.25) is 0 Å². The molecule has 0 unspecified atom stereocenters. The molecule has 0 aliphatic heterocycles. The highest BCUT2D eigenvalue weighted by atomic mass is 16.5. The normalized spacial score (nSPS) is 19.1. The average Bonchev–Trinajstić information content (AvgIpc) is 2.99. The van der Waals surface area contributed by atoms with E-state index in [1.165, 1.54) is 6.42 Å². The van der Waals surface area contributed by atoms with Crippen LogP contribution < -0.4 is 10.7 Å². The third kappa shape index (κ3) is 4.08. The Morgan fingerprint density at radius 3 is 2.69 bits per heavy atom. The number of nitrogens with one attached hydrogen (secondary N) is 2. The molecule has 0 spiro atoms. The molecule has 7 heteroatoms. The molecule has 0 radical (unpaired) electrons. The number of carbonyl (C=O) groups is 2. The van der Waals surface area contributed by atoms with Crippen molar-refractivity contribution in [1.82, 2.24) is 10.7 Å². The van der Waals surface area contributed by atoms with E-state index in [0.717, 1.165) is 67.5 Å². The zero-order chi connectivity index (χ0) is 18.5. The minimum Gasteiger partial charge on any atom is -0.455 e. The van der Waals surface area contributed by atoms with Gasteiger partial charge in [0.25, 0.3) is 5.91 Å². The SMILES string of the molecule is CCOC(=O)N/N=C1\CCCc2oc(C(=O)NC3CCCCC3)c(C)c21. The minimum absolute atomic E-state index is 0.151. The van der Waals surface area contributed by atoms with Crippen molar-refractivity contribution in [3.8, 4) is 0 Å². The lowest BCUT2D eigenvalue weighted by molar-refractivity contribution is 0.0896. The maximum Gasteiger partial charge on any atom is 0.427 e. The summed E-state index contributed by atoms with van der Waals surface area (Å²) in [6.45, 7) is 3.91. The fraction of sp³-hybridized carbons (Fsp3) is 0.632. The molecular weight excluding hydrogens is 334 g/mol. The maximum absolute atomic E-state index is 12.7. The first-order valence-electron chi connectivity index (χ1n) is 9.53. The summed E-state index contributed by atoms with van der Waals surface area (Å²) in [5, 5.41) is 7.30. The molecular formula is C19H27N3O4. The molecule has 1 aromatic heterocycles. The van der Waals surface area contributed by atoms with Gasteiger partial charge in [-0.3, -0.25) is 4.79 Å². The molecule has 1 saturated carbocycles. The second-order valence-electron chi connectivity index (χ2n) is 6.91. The van der Waals surface area contributed by atoms with Gasteiger partial charge in [-0.15, -0.1) is 0 Å². The van der Waals surface area contributed by atoms with Crippen LogP contribution in [0.3, 0.4) is 0 Å². The number of nitrogens with zero attached hydrogens (tertiary/aromatic N) is 1. The van der Waals surface area contributed by atoms with Crippen molar-refractivity contribution in [2.75, 3.05) is 6.61 Å². The van der Waals surface area contributed by atoms with Crippen LogP contribution in [0.1, 0.15) is 79.3 Å². The number of fused-ring (bicyclic) bond motifs is 1. The van der Waals surface area contributed by atoms with Gasteiger partial charge >= 0.3 is 6.09 Å². The van der Waals surface area contributed by atoms with Gasteiger partial charge in [-0.05, 0) is 39.5 Å². The Balaban J connectivity index is 1.77. The summed E-state index contributed by atoms with van der Waals surface area (Å²) >= 11 is 0. The fourth-order valence-corrected chi connectivity index (χ4v) is 3.77. The number of ether oxygens (including phenoxy) is 1. The lowest BCUT2D eigenvalue weighted by Gasteiger charge is -2.22. The van der Waals surface area contributed by atoms with Crippen molar-refractivity contribution >= 4 is 17.7 Å². The third-order valence-corrected chi connectivity index (χ3v) is 5.03. The van der Waals surface area contributed by atoms with Crippen molar-refractivity contribution in [1.29, 1.82) is 0 Å². The maximum atomic E-state index is 12.7. The highest BCUT2D eigenvalue weighted by Crippen LogP contribution is 2.30. The van der Waals surface area contributed by atoms with Crippen LogP contribution >= 0.6 is 0 Å². The van der Waals surface area contributed by atoms with Crippen molar-refractivity contribution in [3.63, 3.8) is 0 Å². The Morgan fingerprint density at radius 1 is 1.19 bits per heavy atom. The smallest absolute Gasteiger partial charge is 0.427 e. The van der Waals surface area contributed by atoms with E-state index in [0.29, 0.717) is 5.76 Å². The zero-order valence-corrected chi connectivity index (χ0v) is 15.5. The summed E-state index contributed by atoms with van der Waals surface area (Å²) in [5.74, 6) is 0.986. The molecule has 0 aromatic carbocycles. The molecule has 2 aliphatic carbocycles. The van der Waals surface area contributed by atoms with Gasteiger partial charge < -0.3 is 14.5 Å². The van der Waals surface area contributed by atoms with Crippen molar-refractivity contribution in [2.45, 2.75) is 71.3 Å². The monoisotopic (exact) mass is 361 g/mol. The lowest BCUT2D eigenvalue weighted by Crippen LogP contribution is -2.36. The second-order valence-corrected chi connectivity index (χ2v) is 6.91.